The zero-order valence-electron chi connectivity index (χ0n) is 17.1. The van der Waals surface area contributed by atoms with Gasteiger partial charge in [-0.05, 0) is 51.0 Å². The van der Waals surface area contributed by atoms with Crippen LogP contribution in [0.1, 0.15) is 38.7 Å². The predicted octanol–water partition coefficient (Wildman–Crippen LogP) is 2.88. The van der Waals surface area contributed by atoms with Crippen LogP contribution < -0.4 is 20.1 Å². The van der Waals surface area contributed by atoms with Gasteiger partial charge in [0.15, 0.2) is 5.96 Å². The molecule has 26 heavy (non-hydrogen) atoms. The number of methoxy groups -OCH3 is 2. The highest BCUT2D eigenvalue weighted by Crippen LogP contribution is 2.24. The maximum Gasteiger partial charge on any atom is 0.191 e. The van der Waals surface area contributed by atoms with Crippen molar-refractivity contribution in [2.75, 3.05) is 47.4 Å². The minimum absolute atomic E-state index is 0.643. The van der Waals surface area contributed by atoms with E-state index in [1.165, 1.54) is 25.9 Å². The second kappa shape index (κ2) is 13.3. The number of aliphatic imine (C=N–C) groups is 1. The third-order valence-corrected chi connectivity index (χ3v) is 4.19. The van der Waals surface area contributed by atoms with Gasteiger partial charge in [-0.15, -0.1) is 0 Å². The van der Waals surface area contributed by atoms with E-state index in [2.05, 4.69) is 34.4 Å². The molecule has 6 nitrogen and oxygen atoms in total. The molecule has 0 spiro atoms. The Balaban J connectivity index is 2.41. The second-order valence-corrected chi connectivity index (χ2v) is 6.23. The van der Waals surface area contributed by atoms with Crippen LogP contribution in [0.15, 0.2) is 23.2 Å². The van der Waals surface area contributed by atoms with Crippen LogP contribution in [-0.4, -0.2) is 58.3 Å². The highest BCUT2D eigenvalue weighted by atomic mass is 16.5. The molecule has 0 saturated heterocycles. The van der Waals surface area contributed by atoms with Crippen molar-refractivity contribution in [3.05, 3.63) is 23.8 Å². The monoisotopic (exact) mass is 364 g/mol. The average molecular weight is 365 g/mol. The fraction of sp³-hybridized carbons (Fsp3) is 0.650. The summed E-state index contributed by atoms with van der Waals surface area (Å²) in [5, 5.41) is 6.73. The summed E-state index contributed by atoms with van der Waals surface area (Å²) >= 11 is 0. The SMILES string of the molecule is CCCN(CCC)CCCNC(=NC)NCc1ccc(OC)cc1OC. The summed E-state index contributed by atoms with van der Waals surface area (Å²) in [5.74, 6) is 2.40. The molecule has 1 rings (SSSR count). The fourth-order valence-corrected chi connectivity index (χ4v) is 2.87. The van der Waals surface area contributed by atoms with E-state index in [1.807, 2.05) is 18.2 Å². The van der Waals surface area contributed by atoms with Gasteiger partial charge in [0.1, 0.15) is 11.5 Å². The molecule has 0 aliphatic rings. The molecule has 0 bridgehead atoms. The first-order valence-corrected chi connectivity index (χ1v) is 9.56. The Hall–Kier alpha value is -1.95. The normalized spacial score (nSPS) is 11.5. The summed E-state index contributed by atoms with van der Waals surface area (Å²) < 4.78 is 10.7. The van der Waals surface area contributed by atoms with Crippen molar-refractivity contribution in [3.63, 3.8) is 0 Å². The van der Waals surface area contributed by atoms with E-state index in [0.717, 1.165) is 42.5 Å². The molecule has 6 heteroatoms. The third-order valence-electron chi connectivity index (χ3n) is 4.19. The van der Waals surface area contributed by atoms with Crippen LogP contribution in [0.2, 0.25) is 0 Å². The van der Waals surface area contributed by atoms with Gasteiger partial charge < -0.3 is 25.0 Å². The Morgan fingerprint density at radius 3 is 2.35 bits per heavy atom. The molecule has 0 aromatic heterocycles. The summed E-state index contributed by atoms with van der Waals surface area (Å²) in [6.07, 6.45) is 3.52. The highest BCUT2D eigenvalue weighted by Gasteiger charge is 2.07. The van der Waals surface area contributed by atoms with Crippen molar-refractivity contribution in [1.29, 1.82) is 0 Å². The van der Waals surface area contributed by atoms with Crippen LogP contribution in [0, 0.1) is 0 Å². The zero-order chi connectivity index (χ0) is 19.2. The van der Waals surface area contributed by atoms with Crippen LogP contribution in [0.4, 0.5) is 0 Å². The molecule has 0 radical (unpaired) electrons. The Bertz CT molecular complexity index is 529. The van der Waals surface area contributed by atoms with Crippen molar-refractivity contribution in [2.24, 2.45) is 4.99 Å². The van der Waals surface area contributed by atoms with Crippen molar-refractivity contribution in [2.45, 2.75) is 39.7 Å². The van der Waals surface area contributed by atoms with Gasteiger partial charge in [-0.3, -0.25) is 4.99 Å². The van der Waals surface area contributed by atoms with E-state index in [4.69, 9.17) is 9.47 Å². The minimum Gasteiger partial charge on any atom is -0.497 e. The molecule has 2 N–H and O–H groups in total. The Morgan fingerprint density at radius 2 is 1.77 bits per heavy atom. The number of ether oxygens (including phenoxy) is 2. The third kappa shape index (κ3) is 7.95. The van der Waals surface area contributed by atoms with Crippen LogP contribution in [-0.2, 0) is 6.54 Å². The largest absolute Gasteiger partial charge is 0.497 e. The van der Waals surface area contributed by atoms with E-state index in [9.17, 15) is 0 Å². The molecule has 0 atom stereocenters. The molecule has 0 heterocycles. The number of nitrogens with zero attached hydrogens (tertiary/aromatic N) is 2. The summed E-state index contributed by atoms with van der Waals surface area (Å²) in [7, 11) is 5.12. The van der Waals surface area contributed by atoms with Gasteiger partial charge in [-0.1, -0.05) is 13.8 Å². The van der Waals surface area contributed by atoms with Gasteiger partial charge in [-0.2, -0.15) is 0 Å². The first kappa shape index (κ1) is 22.1. The Kier molecular flexibility index (Phi) is 11.3. The van der Waals surface area contributed by atoms with Gasteiger partial charge in [0.2, 0.25) is 0 Å². The first-order chi connectivity index (χ1) is 12.7. The summed E-state index contributed by atoms with van der Waals surface area (Å²) in [6, 6.07) is 5.83. The average Bonchev–Trinajstić information content (AvgIpc) is 2.67. The summed E-state index contributed by atoms with van der Waals surface area (Å²) in [4.78, 5) is 6.82. The Morgan fingerprint density at radius 1 is 1.04 bits per heavy atom. The molecule has 148 valence electrons. The smallest absolute Gasteiger partial charge is 0.191 e. The molecule has 1 aromatic carbocycles. The summed E-state index contributed by atoms with van der Waals surface area (Å²) in [6.45, 7) is 9.50. The van der Waals surface area contributed by atoms with Crippen molar-refractivity contribution < 1.29 is 9.47 Å². The van der Waals surface area contributed by atoms with Gasteiger partial charge in [0.05, 0.1) is 14.2 Å². The van der Waals surface area contributed by atoms with E-state index in [1.54, 1.807) is 21.3 Å². The number of hydrogen-bond donors (Lipinski definition) is 2. The quantitative estimate of drug-likeness (QED) is 0.339. The lowest BCUT2D eigenvalue weighted by molar-refractivity contribution is 0.271. The molecule has 0 fully saturated rings. The lowest BCUT2D eigenvalue weighted by atomic mass is 10.2. The van der Waals surface area contributed by atoms with Crippen LogP contribution >= 0.6 is 0 Å². The van der Waals surface area contributed by atoms with Gasteiger partial charge in [0, 0.05) is 31.8 Å². The molecule has 0 aliphatic heterocycles. The fourth-order valence-electron chi connectivity index (χ4n) is 2.87. The minimum atomic E-state index is 0.643. The maximum absolute atomic E-state index is 5.44. The predicted molar refractivity (Wildman–Crippen MR) is 109 cm³/mol. The van der Waals surface area contributed by atoms with Crippen molar-refractivity contribution >= 4 is 5.96 Å². The molecule has 0 aliphatic carbocycles. The number of guanidine groups is 1. The second-order valence-electron chi connectivity index (χ2n) is 6.23. The van der Waals surface area contributed by atoms with Gasteiger partial charge in [0.25, 0.3) is 0 Å². The van der Waals surface area contributed by atoms with Crippen molar-refractivity contribution in [1.82, 2.24) is 15.5 Å². The van der Waals surface area contributed by atoms with Crippen LogP contribution in [0.25, 0.3) is 0 Å². The number of nitrogens with one attached hydrogen (secondary N) is 2. The molecule has 0 unspecified atom stereocenters. The van der Waals surface area contributed by atoms with E-state index >= 15 is 0 Å². The Labute approximate surface area is 159 Å². The van der Waals surface area contributed by atoms with E-state index < -0.39 is 0 Å². The van der Waals surface area contributed by atoms with E-state index in [0.29, 0.717) is 6.54 Å². The lowest BCUT2D eigenvalue weighted by Gasteiger charge is -2.21. The zero-order valence-corrected chi connectivity index (χ0v) is 17.1. The first-order valence-electron chi connectivity index (χ1n) is 9.56. The molecular weight excluding hydrogens is 328 g/mol. The van der Waals surface area contributed by atoms with Crippen molar-refractivity contribution in [3.8, 4) is 11.5 Å². The van der Waals surface area contributed by atoms with Crippen LogP contribution in [0.5, 0.6) is 11.5 Å². The lowest BCUT2D eigenvalue weighted by Crippen LogP contribution is -2.38. The molecular formula is C20H36N4O2. The van der Waals surface area contributed by atoms with Gasteiger partial charge in [-0.25, -0.2) is 0 Å². The molecule has 0 saturated carbocycles. The molecule has 1 aromatic rings. The van der Waals surface area contributed by atoms with E-state index in [-0.39, 0.29) is 0 Å². The molecule has 0 amide bonds. The summed E-state index contributed by atoms with van der Waals surface area (Å²) in [5.41, 5.74) is 1.06. The number of hydrogen-bond acceptors (Lipinski definition) is 4. The number of benzene rings is 1. The number of rotatable bonds is 12. The maximum atomic E-state index is 5.44. The standard InChI is InChI=1S/C20H36N4O2/c1-6-12-24(13-7-2)14-8-11-22-20(21-3)23-16-17-9-10-18(25-4)15-19(17)26-5/h9-10,15H,6-8,11-14,16H2,1-5H3,(H2,21,22,23). The highest BCUT2D eigenvalue weighted by molar-refractivity contribution is 5.79. The van der Waals surface area contributed by atoms with Crippen LogP contribution in [0.3, 0.4) is 0 Å². The van der Waals surface area contributed by atoms with Gasteiger partial charge >= 0.3 is 0 Å². The topological polar surface area (TPSA) is 58.1 Å².